The van der Waals surface area contributed by atoms with Gasteiger partial charge in [0, 0.05) is 66.9 Å². The lowest BCUT2D eigenvalue weighted by molar-refractivity contribution is -0.136. The number of halogens is 1. The number of ether oxygens (including phenoxy) is 2. The molecule has 1 saturated heterocycles. The molecule has 4 aromatic rings. The van der Waals surface area contributed by atoms with Crippen LogP contribution < -0.4 is 32.7 Å². The van der Waals surface area contributed by atoms with Crippen LogP contribution in [0.25, 0.3) is 21.9 Å². The maximum atomic E-state index is 15.2. The lowest BCUT2D eigenvalue weighted by atomic mass is 9.97. The maximum absolute atomic E-state index is 15.2. The fourth-order valence-electron chi connectivity index (χ4n) is 6.39. The monoisotopic (exact) mass is 769 g/mol. The lowest BCUT2D eigenvalue weighted by Gasteiger charge is -2.27. The smallest absolute Gasteiger partial charge is 0.264 e. The number of amides is 6. The molecule has 0 radical (unpaired) electrons. The van der Waals surface area contributed by atoms with Crippen LogP contribution in [0.2, 0.25) is 0 Å². The Balaban J connectivity index is 0.858. The van der Waals surface area contributed by atoms with Crippen molar-refractivity contribution in [2.75, 3.05) is 61.6 Å². The first kappa shape index (κ1) is 39.2. The Morgan fingerprint density at radius 3 is 2.50 bits per heavy atom. The van der Waals surface area contributed by atoms with E-state index in [0.717, 1.165) is 4.90 Å². The second-order valence-corrected chi connectivity index (χ2v) is 13.1. The first-order valence-electron chi connectivity index (χ1n) is 17.8. The second-order valence-electron chi connectivity index (χ2n) is 13.1. The zero-order valence-corrected chi connectivity index (χ0v) is 30.4. The third-order valence-electron chi connectivity index (χ3n) is 9.36. The average molecular weight is 770 g/mol. The Labute approximate surface area is 319 Å². The summed E-state index contributed by atoms with van der Waals surface area (Å²) in [5.41, 5.74) is 14.5. The van der Waals surface area contributed by atoms with Crippen molar-refractivity contribution in [1.82, 2.24) is 25.5 Å². The number of benzene rings is 2. The van der Waals surface area contributed by atoms with Gasteiger partial charge in [-0.3, -0.25) is 44.0 Å². The van der Waals surface area contributed by atoms with Gasteiger partial charge in [-0.05, 0) is 48.6 Å². The van der Waals surface area contributed by atoms with E-state index in [1.165, 1.54) is 24.7 Å². The molecule has 1 atom stereocenters. The van der Waals surface area contributed by atoms with Crippen LogP contribution in [0.1, 0.15) is 52.0 Å². The van der Waals surface area contributed by atoms with Crippen molar-refractivity contribution < 1.29 is 42.6 Å². The maximum Gasteiger partial charge on any atom is 0.264 e. The number of hydrogen-bond acceptors (Lipinski definition) is 13. The molecule has 0 saturated carbocycles. The van der Waals surface area contributed by atoms with E-state index < -0.39 is 41.4 Å². The number of hydrogen-bond donors (Lipinski definition) is 6. The highest BCUT2D eigenvalue weighted by molar-refractivity contribution is 6.25. The summed E-state index contributed by atoms with van der Waals surface area (Å²) in [4.78, 5) is 84.0. The first-order valence-corrected chi connectivity index (χ1v) is 17.8. The van der Waals surface area contributed by atoms with Crippen molar-refractivity contribution in [3.05, 3.63) is 71.4 Å². The molecule has 2 aromatic heterocycles. The summed E-state index contributed by atoms with van der Waals surface area (Å²) in [5, 5.41) is 11.5. The molecule has 56 heavy (non-hydrogen) atoms. The molecule has 1 fully saturated rings. The highest BCUT2D eigenvalue weighted by Gasteiger charge is 2.45. The Morgan fingerprint density at radius 2 is 1.71 bits per heavy atom. The predicted molar refractivity (Wildman–Crippen MR) is 203 cm³/mol. The molecule has 0 bridgehead atoms. The van der Waals surface area contributed by atoms with Gasteiger partial charge in [0.25, 0.3) is 11.8 Å². The summed E-state index contributed by atoms with van der Waals surface area (Å²) >= 11 is 0. The van der Waals surface area contributed by atoms with Gasteiger partial charge in [-0.15, -0.1) is 0 Å². The van der Waals surface area contributed by atoms with E-state index in [4.69, 9.17) is 20.9 Å². The third-order valence-corrected chi connectivity index (χ3v) is 9.36. The van der Waals surface area contributed by atoms with E-state index in [0.29, 0.717) is 39.8 Å². The minimum atomic E-state index is -1.05. The zero-order chi connectivity index (χ0) is 39.9. The highest BCUT2D eigenvalue weighted by atomic mass is 19.1. The number of nitrogen functional groups attached to an aromatic ring is 2. The van der Waals surface area contributed by atoms with Crippen LogP contribution in [0.15, 0.2) is 48.9 Å². The summed E-state index contributed by atoms with van der Waals surface area (Å²) < 4.78 is 26.2. The van der Waals surface area contributed by atoms with E-state index in [2.05, 4.69) is 31.2 Å². The largest absolute Gasteiger partial charge is 0.397 e. The molecule has 6 amide bonds. The normalized spacial score (nSPS) is 15.2. The number of carbonyl (C=O) groups excluding carboxylic acids is 6. The molecule has 6 rings (SSSR count). The molecule has 292 valence electrons. The van der Waals surface area contributed by atoms with Gasteiger partial charge in [0.2, 0.25) is 23.6 Å². The van der Waals surface area contributed by atoms with E-state index in [1.807, 2.05) is 0 Å². The van der Waals surface area contributed by atoms with Crippen molar-refractivity contribution in [1.29, 1.82) is 0 Å². The molecule has 18 heteroatoms. The summed E-state index contributed by atoms with van der Waals surface area (Å²) in [6, 6.07) is 6.93. The SMILES string of the molecule is Cc1c(N)cncc1-c1cc2cc(NC(=O)CCNC(=O)CCOCCOCCNc3cccc4c3C(=O)N(C3CCC(=O)NC3=O)C4=O)ncc2c(N)c1F. The number of nitrogens with two attached hydrogens (primary N) is 2. The number of rotatable bonds is 16. The van der Waals surface area contributed by atoms with Gasteiger partial charge in [0.05, 0.1) is 55.1 Å². The number of fused-ring (bicyclic) bond motifs is 2. The molecule has 2 aliphatic rings. The highest BCUT2D eigenvalue weighted by Crippen LogP contribution is 2.36. The van der Waals surface area contributed by atoms with Crippen molar-refractivity contribution in [2.45, 2.75) is 38.6 Å². The Morgan fingerprint density at radius 1 is 0.929 bits per heavy atom. The molecular weight excluding hydrogens is 729 g/mol. The molecule has 2 aromatic carbocycles. The number of carbonyl (C=O) groups is 6. The van der Waals surface area contributed by atoms with Crippen LogP contribution in [0.4, 0.5) is 27.3 Å². The second kappa shape index (κ2) is 17.3. The molecule has 0 aliphatic carbocycles. The van der Waals surface area contributed by atoms with Gasteiger partial charge in [-0.25, -0.2) is 9.37 Å². The molecule has 4 heterocycles. The number of anilines is 4. The van der Waals surface area contributed by atoms with Gasteiger partial charge in [0.1, 0.15) is 11.9 Å². The molecular formula is C38H40FN9O8. The minimum absolute atomic E-state index is 0.0203. The Hall–Kier alpha value is -6.53. The summed E-state index contributed by atoms with van der Waals surface area (Å²) in [6.07, 6.45) is 4.52. The van der Waals surface area contributed by atoms with Gasteiger partial charge in [-0.2, -0.15) is 0 Å². The molecule has 1 unspecified atom stereocenters. The van der Waals surface area contributed by atoms with E-state index in [1.54, 1.807) is 31.2 Å². The number of piperidine rings is 1. The standard InChI is InChI=1S/C38H40FN9O8/c1-20-24(17-42-19-26(20)40)23-15-21-16-29(45-18-25(21)35(41)34(23)39)46-32(51)7-9-44-30(49)8-11-55-13-14-56-12-10-43-27-4-2-3-22-33(27)38(54)48(37(22)53)28-5-6-31(50)47-36(28)52/h2-4,15-19,28,43H,5-14,40-41H2,1H3,(H,44,49)(H,45,46,51)(H,47,50,52). The number of aromatic nitrogens is 2. The average Bonchev–Trinajstić information content (AvgIpc) is 3.42. The Bertz CT molecular complexity index is 2230. The van der Waals surface area contributed by atoms with Crippen LogP contribution >= 0.6 is 0 Å². The third kappa shape index (κ3) is 8.55. The quantitative estimate of drug-likeness (QED) is 0.0545. The zero-order valence-electron chi connectivity index (χ0n) is 30.4. The fraction of sp³-hybridized carbons (Fsp3) is 0.316. The van der Waals surface area contributed by atoms with Gasteiger partial charge in [-0.1, -0.05) is 6.07 Å². The van der Waals surface area contributed by atoms with Crippen molar-refractivity contribution >= 4 is 69.1 Å². The topological polar surface area (TPSA) is 250 Å². The van der Waals surface area contributed by atoms with E-state index >= 15 is 4.39 Å². The summed E-state index contributed by atoms with van der Waals surface area (Å²) in [6.45, 7) is 2.98. The first-order chi connectivity index (χ1) is 26.9. The van der Waals surface area contributed by atoms with Gasteiger partial charge >= 0.3 is 0 Å². The number of pyridine rings is 2. The molecule has 0 spiro atoms. The fourth-order valence-corrected chi connectivity index (χ4v) is 6.39. The van der Waals surface area contributed by atoms with Crippen LogP contribution in [0, 0.1) is 12.7 Å². The van der Waals surface area contributed by atoms with Crippen LogP contribution in [-0.2, 0) is 28.7 Å². The summed E-state index contributed by atoms with van der Waals surface area (Å²) in [5.74, 6) is -3.40. The molecule has 17 nitrogen and oxygen atoms in total. The lowest BCUT2D eigenvalue weighted by Crippen LogP contribution is -2.54. The van der Waals surface area contributed by atoms with Crippen molar-refractivity contribution in [2.24, 2.45) is 0 Å². The Kier molecular flexibility index (Phi) is 12.1. The van der Waals surface area contributed by atoms with E-state index in [-0.39, 0.29) is 92.8 Å². The minimum Gasteiger partial charge on any atom is -0.397 e. The van der Waals surface area contributed by atoms with Crippen LogP contribution in [-0.4, -0.2) is 95.9 Å². The van der Waals surface area contributed by atoms with Crippen molar-refractivity contribution in [3.63, 3.8) is 0 Å². The van der Waals surface area contributed by atoms with Crippen LogP contribution in [0.3, 0.4) is 0 Å². The van der Waals surface area contributed by atoms with E-state index in [9.17, 15) is 28.8 Å². The number of imide groups is 2. The van der Waals surface area contributed by atoms with Gasteiger partial charge in [0.15, 0.2) is 5.82 Å². The van der Waals surface area contributed by atoms with Gasteiger partial charge < -0.3 is 36.9 Å². The summed E-state index contributed by atoms with van der Waals surface area (Å²) in [7, 11) is 0. The van der Waals surface area contributed by atoms with Crippen LogP contribution in [0.5, 0.6) is 0 Å². The number of nitrogens with zero attached hydrogens (tertiary/aromatic N) is 3. The van der Waals surface area contributed by atoms with Crippen molar-refractivity contribution in [3.8, 4) is 11.1 Å². The number of nitrogens with one attached hydrogen (secondary N) is 4. The molecule has 8 N–H and O–H groups in total. The molecule has 2 aliphatic heterocycles. The predicted octanol–water partition coefficient (Wildman–Crippen LogP) is 2.29.